The lowest BCUT2D eigenvalue weighted by Crippen LogP contribution is -2.61. The Morgan fingerprint density at radius 1 is 1.67 bits per heavy atom. The average Bonchev–Trinajstić information content (AvgIpc) is 2.32. The van der Waals surface area contributed by atoms with Crippen LogP contribution in [0.3, 0.4) is 0 Å². The monoisotopic (exact) mass is 251 g/mol. The first-order valence-corrected chi connectivity index (χ1v) is 5.90. The van der Waals surface area contributed by atoms with E-state index in [1.54, 1.807) is 6.07 Å². The van der Waals surface area contributed by atoms with Crippen LogP contribution in [0.1, 0.15) is 20.3 Å². The molecule has 1 aromatic heterocycles. The fourth-order valence-corrected chi connectivity index (χ4v) is 2.05. The lowest BCUT2D eigenvalue weighted by molar-refractivity contribution is -0.129. The van der Waals surface area contributed by atoms with E-state index < -0.39 is 5.69 Å². The molecule has 0 aromatic carbocycles. The molecule has 98 valence electrons. The number of rotatable bonds is 3. The second kappa shape index (κ2) is 4.53. The third kappa shape index (κ3) is 2.28. The number of amides is 1. The summed E-state index contributed by atoms with van der Waals surface area (Å²) in [6, 6.07) is 1.55. The van der Waals surface area contributed by atoms with E-state index in [1.165, 1.54) is 17.0 Å². The molecule has 1 aliphatic carbocycles. The highest BCUT2D eigenvalue weighted by molar-refractivity contribution is 5.76. The summed E-state index contributed by atoms with van der Waals surface area (Å²) in [7, 11) is 0. The smallest absolute Gasteiger partial charge is 0.347 e. The molecule has 2 N–H and O–H groups in total. The van der Waals surface area contributed by atoms with Crippen molar-refractivity contribution in [2.24, 2.45) is 5.41 Å². The van der Waals surface area contributed by atoms with Crippen LogP contribution in [-0.4, -0.2) is 32.7 Å². The lowest BCUT2D eigenvalue weighted by Gasteiger charge is -2.49. The Morgan fingerprint density at radius 3 is 2.94 bits per heavy atom. The molecule has 0 saturated heterocycles. The molecule has 6 nitrogen and oxygen atoms in total. The van der Waals surface area contributed by atoms with Crippen LogP contribution in [0.2, 0.25) is 0 Å². The predicted octanol–water partition coefficient (Wildman–Crippen LogP) is -0.481. The van der Waals surface area contributed by atoms with E-state index in [9.17, 15) is 14.7 Å². The number of nitrogens with one attached hydrogen (secondary N) is 1. The Bertz CT molecular complexity index is 509. The van der Waals surface area contributed by atoms with Crippen molar-refractivity contribution in [2.45, 2.75) is 39.0 Å². The van der Waals surface area contributed by atoms with E-state index in [-0.39, 0.29) is 30.0 Å². The van der Waals surface area contributed by atoms with Gasteiger partial charge in [0.25, 0.3) is 0 Å². The summed E-state index contributed by atoms with van der Waals surface area (Å²) in [6.07, 6.45) is 3.09. The molecular formula is C12H17N3O3. The lowest BCUT2D eigenvalue weighted by atomic mass is 9.64. The molecule has 2 unspecified atom stereocenters. The van der Waals surface area contributed by atoms with Gasteiger partial charge in [-0.3, -0.25) is 9.36 Å². The molecule has 0 radical (unpaired) electrons. The van der Waals surface area contributed by atoms with Gasteiger partial charge in [0.05, 0.1) is 6.10 Å². The minimum atomic E-state index is -0.444. The summed E-state index contributed by atoms with van der Waals surface area (Å²) in [4.78, 5) is 26.7. The van der Waals surface area contributed by atoms with E-state index in [0.717, 1.165) is 0 Å². The van der Waals surface area contributed by atoms with Crippen LogP contribution in [-0.2, 0) is 11.3 Å². The summed E-state index contributed by atoms with van der Waals surface area (Å²) in [5.41, 5.74) is -0.754. The highest BCUT2D eigenvalue weighted by Crippen LogP contribution is 2.40. The topological polar surface area (TPSA) is 84.2 Å². The Morgan fingerprint density at radius 2 is 2.39 bits per heavy atom. The van der Waals surface area contributed by atoms with Crippen molar-refractivity contribution >= 4 is 5.91 Å². The van der Waals surface area contributed by atoms with Gasteiger partial charge in [-0.2, -0.15) is 0 Å². The Kier molecular flexibility index (Phi) is 3.21. The molecule has 1 heterocycles. The van der Waals surface area contributed by atoms with Crippen LogP contribution in [0.15, 0.2) is 23.3 Å². The second-order valence-corrected chi connectivity index (χ2v) is 5.22. The van der Waals surface area contributed by atoms with Crippen LogP contribution < -0.4 is 11.0 Å². The standard InChI is InChI=1S/C12H17N3O3/c1-12(2)8(6-9(12)16)14-10(17)7-15-5-3-4-13-11(15)18/h3-5,8-9,16H,6-7H2,1-2H3,(H,14,17). The molecule has 1 aromatic rings. The van der Waals surface area contributed by atoms with Gasteiger partial charge in [-0.15, -0.1) is 0 Å². The molecule has 18 heavy (non-hydrogen) atoms. The third-order valence-corrected chi connectivity index (χ3v) is 3.65. The van der Waals surface area contributed by atoms with Gasteiger partial charge >= 0.3 is 5.69 Å². The molecule has 1 fully saturated rings. The number of aliphatic hydroxyl groups excluding tert-OH is 1. The first-order valence-electron chi connectivity index (χ1n) is 5.90. The molecule has 6 heteroatoms. The molecular weight excluding hydrogens is 234 g/mol. The van der Waals surface area contributed by atoms with Gasteiger partial charge in [-0.05, 0) is 12.5 Å². The van der Waals surface area contributed by atoms with Gasteiger partial charge in [0.2, 0.25) is 5.91 Å². The summed E-state index contributed by atoms with van der Waals surface area (Å²) in [6.45, 7) is 3.76. The SMILES string of the molecule is CC1(C)C(O)CC1NC(=O)Cn1cccnc1=O. The molecule has 2 atom stereocenters. The van der Waals surface area contributed by atoms with E-state index in [4.69, 9.17) is 0 Å². The first kappa shape index (κ1) is 12.8. The van der Waals surface area contributed by atoms with E-state index >= 15 is 0 Å². The van der Waals surface area contributed by atoms with Gasteiger partial charge in [0.1, 0.15) is 6.54 Å². The van der Waals surface area contributed by atoms with Crippen molar-refractivity contribution < 1.29 is 9.90 Å². The number of hydrogen-bond acceptors (Lipinski definition) is 4. The normalized spacial score (nSPS) is 25.3. The highest BCUT2D eigenvalue weighted by Gasteiger charge is 2.47. The van der Waals surface area contributed by atoms with E-state index in [2.05, 4.69) is 10.3 Å². The van der Waals surface area contributed by atoms with Crippen molar-refractivity contribution in [1.29, 1.82) is 0 Å². The highest BCUT2D eigenvalue weighted by atomic mass is 16.3. The molecule has 0 aliphatic heterocycles. The number of aromatic nitrogens is 2. The summed E-state index contributed by atoms with van der Waals surface area (Å²) in [5, 5.41) is 12.4. The van der Waals surface area contributed by atoms with E-state index in [0.29, 0.717) is 6.42 Å². The van der Waals surface area contributed by atoms with Crippen molar-refractivity contribution in [2.75, 3.05) is 0 Å². The van der Waals surface area contributed by atoms with Crippen LogP contribution in [0.25, 0.3) is 0 Å². The zero-order valence-electron chi connectivity index (χ0n) is 10.5. The Labute approximate surface area is 105 Å². The maximum atomic E-state index is 11.8. The minimum Gasteiger partial charge on any atom is -0.392 e. The van der Waals surface area contributed by atoms with Crippen molar-refractivity contribution in [3.05, 3.63) is 28.9 Å². The van der Waals surface area contributed by atoms with Crippen molar-refractivity contribution in [3.63, 3.8) is 0 Å². The summed E-state index contributed by atoms with van der Waals surface area (Å²) < 4.78 is 1.25. The third-order valence-electron chi connectivity index (χ3n) is 3.65. The van der Waals surface area contributed by atoms with Gasteiger partial charge in [0, 0.05) is 23.9 Å². The maximum absolute atomic E-state index is 11.8. The molecule has 0 bridgehead atoms. The van der Waals surface area contributed by atoms with Gasteiger partial charge in [-0.25, -0.2) is 9.78 Å². The van der Waals surface area contributed by atoms with E-state index in [1.807, 2.05) is 13.8 Å². The quantitative estimate of drug-likeness (QED) is 0.760. The molecule has 1 aliphatic rings. The Hall–Kier alpha value is -1.69. The van der Waals surface area contributed by atoms with Gasteiger partial charge in [0.15, 0.2) is 0 Å². The zero-order valence-corrected chi connectivity index (χ0v) is 10.5. The molecule has 2 rings (SSSR count). The van der Waals surface area contributed by atoms with Crippen LogP contribution in [0, 0.1) is 5.41 Å². The van der Waals surface area contributed by atoms with Crippen LogP contribution >= 0.6 is 0 Å². The average molecular weight is 251 g/mol. The summed E-state index contributed by atoms with van der Waals surface area (Å²) >= 11 is 0. The zero-order chi connectivity index (χ0) is 13.3. The molecule has 1 saturated carbocycles. The van der Waals surface area contributed by atoms with Gasteiger partial charge < -0.3 is 10.4 Å². The largest absolute Gasteiger partial charge is 0.392 e. The molecule has 1 amide bonds. The van der Waals surface area contributed by atoms with Crippen LogP contribution in [0.5, 0.6) is 0 Å². The van der Waals surface area contributed by atoms with Gasteiger partial charge in [-0.1, -0.05) is 13.8 Å². The number of carbonyl (C=O) groups excluding carboxylic acids is 1. The fourth-order valence-electron chi connectivity index (χ4n) is 2.05. The maximum Gasteiger partial charge on any atom is 0.347 e. The fraction of sp³-hybridized carbons (Fsp3) is 0.583. The van der Waals surface area contributed by atoms with Crippen molar-refractivity contribution in [3.8, 4) is 0 Å². The number of hydrogen-bond donors (Lipinski definition) is 2. The number of nitrogens with zero attached hydrogens (tertiary/aromatic N) is 2. The van der Waals surface area contributed by atoms with Crippen LogP contribution in [0.4, 0.5) is 0 Å². The number of aliphatic hydroxyl groups is 1. The second-order valence-electron chi connectivity index (χ2n) is 5.22. The first-order chi connectivity index (χ1) is 8.41. The number of carbonyl (C=O) groups is 1. The molecule has 0 spiro atoms. The Balaban J connectivity index is 1.95. The predicted molar refractivity (Wildman–Crippen MR) is 64.8 cm³/mol. The minimum absolute atomic E-state index is 0.0463. The van der Waals surface area contributed by atoms with Crippen molar-refractivity contribution in [1.82, 2.24) is 14.9 Å². The summed E-state index contributed by atoms with van der Waals surface area (Å²) in [5.74, 6) is -0.241.